The third-order valence-electron chi connectivity index (χ3n) is 5.27. The maximum atomic E-state index is 12.8. The average molecular weight is 357 g/mol. The lowest BCUT2D eigenvalue weighted by atomic mass is 9.72. The summed E-state index contributed by atoms with van der Waals surface area (Å²) in [6.07, 6.45) is 3.21. The largest absolute Gasteiger partial charge is 0.342 e. The highest BCUT2D eigenvalue weighted by Gasteiger charge is 2.47. The number of hydrogen-bond acceptors (Lipinski definition) is 4. The zero-order valence-corrected chi connectivity index (χ0v) is 15.4. The predicted molar refractivity (Wildman–Crippen MR) is 91.0 cm³/mol. The van der Waals surface area contributed by atoms with Crippen LogP contribution in [0, 0.1) is 12.3 Å². The lowest BCUT2D eigenvalue weighted by Gasteiger charge is -2.45. The van der Waals surface area contributed by atoms with Gasteiger partial charge in [-0.3, -0.25) is 4.79 Å². The standard InChI is InChI=1S/C16H24N2O3S2/c1-3-17-9-4-6-16(15(17)19)7-10-18(11-8-16)23(20,21)14-13(2)5-12-22-14/h5,12H,3-4,6-11H2,1-2H3. The third-order valence-corrected chi connectivity index (χ3v) is 8.84. The molecule has 3 rings (SSSR count). The average Bonchev–Trinajstić information content (AvgIpc) is 2.98. The second-order valence-corrected chi connectivity index (χ2v) is 9.61. The molecule has 1 aromatic rings. The van der Waals surface area contributed by atoms with Crippen LogP contribution in [0.2, 0.25) is 0 Å². The fourth-order valence-electron chi connectivity index (χ4n) is 3.81. The van der Waals surface area contributed by atoms with Gasteiger partial charge in [0, 0.05) is 26.2 Å². The predicted octanol–water partition coefficient (Wildman–Crippen LogP) is 2.47. The number of sulfonamides is 1. The molecule has 0 N–H and O–H groups in total. The van der Waals surface area contributed by atoms with Crippen LogP contribution in [0.4, 0.5) is 0 Å². The second-order valence-electron chi connectivity index (χ2n) is 6.56. The number of carbonyl (C=O) groups excluding carboxylic acids is 1. The van der Waals surface area contributed by atoms with Gasteiger partial charge < -0.3 is 4.90 Å². The second kappa shape index (κ2) is 6.18. The van der Waals surface area contributed by atoms with Crippen LogP contribution in [0.25, 0.3) is 0 Å². The van der Waals surface area contributed by atoms with E-state index in [1.807, 2.05) is 30.2 Å². The van der Waals surface area contributed by atoms with E-state index < -0.39 is 10.0 Å². The van der Waals surface area contributed by atoms with Crippen LogP contribution >= 0.6 is 11.3 Å². The van der Waals surface area contributed by atoms with Gasteiger partial charge in [0.2, 0.25) is 5.91 Å². The molecule has 1 aromatic heterocycles. The van der Waals surface area contributed by atoms with E-state index in [1.165, 1.54) is 11.3 Å². The van der Waals surface area contributed by atoms with Crippen molar-refractivity contribution in [3.63, 3.8) is 0 Å². The molecule has 0 aromatic carbocycles. The van der Waals surface area contributed by atoms with E-state index in [4.69, 9.17) is 0 Å². The van der Waals surface area contributed by atoms with E-state index in [0.717, 1.165) is 31.5 Å². The van der Waals surface area contributed by atoms with E-state index in [-0.39, 0.29) is 11.3 Å². The molecule has 0 aliphatic carbocycles. The highest BCUT2D eigenvalue weighted by molar-refractivity contribution is 7.91. The van der Waals surface area contributed by atoms with Crippen LogP contribution in [0.15, 0.2) is 15.7 Å². The van der Waals surface area contributed by atoms with Crippen molar-refractivity contribution in [3.8, 4) is 0 Å². The fourth-order valence-corrected chi connectivity index (χ4v) is 6.80. The summed E-state index contributed by atoms with van der Waals surface area (Å²) in [6.45, 7) is 6.32. The van der Waals surface area contributed by atoms with Gasteiger partial charge in [-0.1, -0.05) is 0 Å². The van der Waals surface area contributed by atoms with Crippen molar-refractivity contribution >= 4 is 27.3 Å². The molecule has 1 spiro atoms. The van der Waals surface area contributed by atoms with Crippen LogP contribution in [0.5, 0.6) is 0 Å². The Balaban J connectivity index is 1.76. The number of thiophene rings is 1. The van der Waals surface area contributed by atoms with Crippen LogP contribution in [-0.2, 0) is 14.8 Å². The van der Waals surface area contributed by atoms with Gasteiger partial charge in [-0.25, -0.2) is 8.42 Å². The molecule has 23 heavy (non-hydrogen) atoms. The Morgan fingerprint density at radius 3 is 2.48 bits per heavy atom. The normalized spacial score (nSPS) is 22.7. The van der Waals surface area contributed by atoms with Gasteiger partial charge in [0.1, 0.15) is 4.21 Å². The number of amides is 1. The Hall–Kier alpha value is -0.920. The van der Waals surface area contributed by atoms with E-state index in [9.17, 15) is 13.2 Å². The van der Waals surface area contributed by atoms with Gasteiger partial charge in [0.15, 0.2) is 0 Å². The molecule has 2 aliphatic rings. The number of carbonyl (C=O) groups is 1. The monoisotopic (exact) mass is 356 g/mol. The molecule has 0 unspecified atom stereocenters. The van der Waals surface area contributed by atoms with Crippen molar-refractivity contribution in [2.24, 2.45) is 5.41 Å². The van der Waals surface area contributed by atoms with Crippen molar-refractivity contribution in [1.29, 1.82) is 0 Å². The first kappa shape index (κ1) is 16.9. The Morgan fingerprint density at radius 1 is 1.22 bits per heavy atom. The molecule has 2 saturated heterocycles. The first-order valence-corrected chi connectivity index (χ1v) is 10.6. The van der Waals surface area contributed by atoms with Crippen molar-refractivity contribution in [1.82, 2.24) is 9.21 Å². The molecule has 0 saturated carbocycles. The van der Waals surface area contributed by atoms with Gasteiger partial charge in [-0.2, -0.15) is 4.31 Å². The summed E-state index contributed by atoms with van der Waals surface area (Å²) in [5.41, 5.74) is 0.478. The van der Waals surface area contributed by atoms with Gasteiger partial charge in [0.05, 0.1) is 5.41 Å². The molecule has 5 nitrogen and oxygen atoms in total. The molecular weight excluding hydrogens is 332 g/mol. The molecular formula is C16H24N2O3S2. The number of aryl methyl sites for hydroxylation is 1. The molecule has 0 atom stereocenters. The molecule has 128 valence electrons. The van der Waals surface area contributed by atoms with Crippen LogP contribution in [0.1, 0.15) is 38.2 Å². The van der Waals surface area contributed by atoms with Gasteiger partial charge in [0.25, 0.3) is 10.0 Å². The highest BCUT2D eigenvalue weighted by atomic mass is 32.2. The van der Waals surface area contributed by atoms with E-state index in [1.54, 1.807) is 4.31 Å². The minimum atomic E-state index is -3.41. The van der Waals surface area contributed by atoms with Crippen molar-refractivity contribution < 1.29 is 13.2 Å². The first-order valence-electron chi connectivity index (χ1n) is 8.24. The van der Waals surface area contributed by atoms with Gasteiger partial charge in [-0.05, 0) is 56.5 Å². The van der Waals surface area contributed by atoms with Gasteiger partial charge in [-0.15, -0.1) is 11.3 Å². The lowest BCUT2D eigenvalue weighted by Crippen LogP contribution is -2.54. The quantitative estimate of drug-likeness (QED) is 0.836. The van der Waals surface area contributed by atoms with Crippen molar-refractivity contribution in [2.45, 2.75) is 43.7 Å². The maximum Gasteiger partial charge on any atom is 0.252 e. The molecule has 7 heteroatoms. The highest BCUT2D eigenvalue weighted by Crippen LogP contribution is 2.42. The lowest BCUT2D eigenvalue weighted by molar-refractivity contribution is -0.148. The summed E-state index contributed by atoms with van der Waals surface area (Å²) in [7, 11) is -3.41. The summed E-state index contributed by atoms with van der Waals surface area (Å²) >= 11 is 1.28. The summed E-state index contributed by atoms with van der Waals surface area (Å²) in [5, 5.41) is 1.82. The van der Waals surface area contributed by atoms with Crippen molar-refractivity contribution in [3.05, 3.63) is 17.0 Å². The third kappa shape index (κ3) is 2.83. The van der Waals surface area contributed by atoms with E-state index >= 15 is 0 Å². The molecule has 3 heterocycles. The first-order chi connectivity index (χ1) is 10.9. The molecule has 2 aliphatic heterocycles. The van der Waals surface area contributed by atoms with Crippen molar-refractivity contribution in [2.75, 3.05) is 26.2 Å². The number of rotatable bonds is 3. The summed E-state index contributed by atoms with van der Waals surface area (Å²) < 4.78 is 27.6. The number of piperidine rings is 2. The minimum absolute atomic E-state index is 0.232. The van der Waals surface area contributed by atoms with Crippen LogP contribution in [0.3, 0.4) is 0 Å². The summed E-state index contributed by atoms with van der Waals surface area (Å²) in [5.74, 6) is 0.232. The van der Waals surface area contributed by atoms with Gasteiger partial charge >= 0.3 is 0 Å². The summed E-state index contributed by atoms with van der Waals surface area (Å²) in [4.78, 5) is 14.7. The topological polar surface area (TPSA) is 57.7 Å². The molecule has 2 fully saturated rings. The molecule has 1 amide bonds. The number of hydrogen-bond donors (Lipinski definition) is 0. The number of nitrogens with zero attached hydrogens (tertiary/aromatic N) is 2. The van der Waals surface area contributed by atoms with E-state index in [0.29, 0.717) is 30.1 Å². The maximum absolute atomic E-state index is 12.8. The van der Waals surface area contributed by atoms with E-state index in [2.05, 4.69) is 0 Å². The zero-order valence-electron chi connectivity index (χ0n) is 13.7. The smallest absolute Gasteiger partial charge is 0.252 e. The summed E-state index contributed by atoms with van der Waals surface area (Å²) in [6, 6.07) is 1.84. The molecule has 0 radical (unpaired) electrons. The minimum Gasteiger partial charge on any atom is -0.342 e. The Bertz CT molecular complexity index is 688. The Labute approximate surface area is 142 Å². The molecule has 0 bridgehead atoms. The Morgan fingerprint density at radius 2 is 1.91 bits per heavy atom. The van der Waals surface area contributed by atoms with Crippen LogP contribution < -0.4 is 0 Å². The van der Waals surface area contributed by atoms with Crippen LogP contribution in [-0.4, -0.2) is 49.7 Å². The SMILES string of the molecule is CCN1CCCC2(CCN(S(=O)(=O)c3sccc3C)CC2)C1=O. The Kier molecular flexibility index (Phi) is 4.55. The fraction of sp³-hybridized carbons (Fsp3) is 0.688. The zero-order chi connectivity index (χ0) is 16.7. The number of likely N-dealkylation sites (tertiary alicyclic amines) is 1.